The third-order valence-electron chi connectivity index (χ3n) is 4.97. The molecule has 2 heterocycles. The largest absolute Gasteiger partial charge is 0.314 e. The molecule has 0 amide bonds. The normalized spacial score (nSPS) is 23.6. The van der Waals surface area contributed by atoms with Crippen LogP contribution in [-0.2, 0) is 17.4 Å². The first-order chi connectivity index (χ1) is 9.41. The van der Waals surface area contributed by atoms with Crippen LogP contribution in [0.25, 0.3) is 0 Å². The highest BCUT2D eigenvalue weighted by Crippen LogP contribution is 2.42. The molecule has 0 spiro atoms. The first kappa shape index (κ1) is 14.5. The molecule has 20 heavy (non-hydrogen) atoms. The summed E-state index contributed by atoms with van der Waals surface area (Å²) in [6.07, 6.45) is 3.82. The Labute approximate surface area is 126 Å². The van der Waals surface area contributed by atoms with Crippen LogP contribution in [0, 0.1) is 0 Å². The lowest BCUT2D eigenvalue weighted by atomic mass is 9.79. The van der Waals surface area contributed by atoms with Crippen molar-refractivity contribution in [3.63, 3.8) is 0 Å². The average Bonchev–Trinajstić information content (AvgIpc) is 2.86. The number of nitrogens with one attached hydrogen (secondary N) is 1. The highest BCUT2D eigenvalue weighted by atomic mass is 32.1. The van der Waals surface area contributed by atoms with Crippen LogP contribution in [0.2, 0.25) is 0 Å². The Morgan fingerprint density at radius 2 is 1.95 bits per heavy atom. The Morgan fingerprint density at radius 1 is 1.25 bits per heavy atom. The summed E-state index contributed by atoms with van der Waals surface area (Å²) in [7, 11) is 0. The van der Waals surface area contributed by atoms with Gasteiger partial charge in [0.15, 0.2) is 0 Å². The predicted molar refractivity (Wildman–Crippen MR) is 85.5 cm³/mol. The number of rotatable bonds is 2. The van der Waals surface area contributed by atoms with Gasteiger partial charge in [0.1, 0.15) is 5.01 Å². The quantitative estimate of drug-likeness (QED) is 0.909. The lowest BCUT2D eigenvalue weighted by Gasteiger charge is -2.39. The molecule has 4 heteroatoms. The van der Waals surface area contributed by atoms with Gasteiger partial charge in [0.05, 0.1) is 11.2 Å². The summed E-state index contributed by atoms with van der Waals surface area (Å²) >= 11 is 1.97. The molecule has 1 fully saturated rings. The van der Waals surface area contributed by atoms with Gasteiger partial charge in [0.2, 0.25) is 0 Å². The Balaban J connectivity index is 1.92. The monoisotopic (exact) mass is 293 g/mol. The first-order valence-electron chi connectivity index (χ1n) is 7.88. The Kier molecular flexibility index (Phi) is 3.68. The molecule has 0 atom stereocenters. The summed E-state index contributed by atoms with van der Waals surface area (Å²) < 4.78 is 0. The summed E-state index contributed by atoms with van der Waals surface area (Å²) in [6, 6.07) is 0. The van der Waals surface area contributed by atoms with Gasteiger partial charge in [0.25, 0.3) is 0 Å². The van der Waals surface area contributed by atoms with Crippen LogP contribution in [-0.4, -0.2) is 36.1 Å². The van der Waals surface area contributed by atoms with Crippen molar-refractivity contribution in [1.82, 2.24) is 15.2 Å². The summed E-state index contributed by atoms with van der Waals surface area (Å²) in [5, 5.41) is 4.76. The maximum atomic E-state index is 5.11. The molecular formula is C16H27N3S. The number of aromatic nitrogens is 1. The molecule has 1 aromatic heterocycles. The molecule has 3 nitrogen and oxygen atoms in total. The van der Waals surface area contributed by atoms with E-state index < -0.39 is 0 Å². The van der Waals surface area contributed by atoms with Crippen molar-refractivity contribution in [2.24, 2.45) is 0 Å². The number of piperazine rings is 1. The first-order valence-corrected chi connectivity index (χ1v) is 8.69. The molecule has 1 saturated heterocycles. The van der Waals surface area contributed by atoms with E-state index in [0.717, 1.165) is 26.2 Å². The second-order valence-corrected chi connectivity index (χ2v) is 8.41. The zero-order valence-electron chi connectivity index (χ0n) is 13.3. The van der Waals surface area contributed by atoms with E-state index in [1.54, 1.807) is 4.88 Å². The van der Waals surface area contributed by atoms with Crippen LogP contribution < -0.4 is 5.32 Å². The smallest absolute Gasteiger partial charge is 0.113 e. The Morgan fingerprint density at radius 3 is 2.60 bits per heavy atom. The zero-order valence-corrected chi connectivity index (χ0v) is 14.1. The van der Waals surface area contributed by atoms with E-state index in [1.165, 1.54) is 30.0 Å². The van der Waals surface area contributed by atoms with Crippen molar-refractivity contribution >= 4 is 11.3 Å². The number of thiazole rings is 1. The second kappa shape index (κ2) is 5.08. The minimum Gasteiger partial charge on any atom is -0.314 e. The topological polar surface area (TPSA) is 28.2 Å². The van der Waals surface area contributed by atoms with Crippen molar-refractivity contribution in [3.8, 4) is 0 Å². The average molecular weight is 293 g/mol. The number of nitrogens with zero attached hydrogens (tertiary/aromatic N) is 2. The fourth-order valence-electron chi connectivity index (χ4n) is 3.48. The molecule has 1 aromatic rings. The molecule has 1 aliphatic carbocycles. The van der Waals surface area contributed by atoms with Crippen LogP contribution in [0.15, 0.2) is 0 Å². The SMILES string of the molecule is CC1(C)CCCc2sc(C(C)(C)N3CCNCC3)nc21. The van der Waals surface area contributed by atoms with Crippen molar-refractivity contribution in [1.29, 1.82) is 0 Å². The van der Waals surface area contributed by atoms with Gasteiger partial charge >= 0.3 is 0 Å². The molecule has 0 radical (unpaired) electrons. The molecule has 0 saturated carbocycles. The third kappa shape index (κ3) is 2.42. The number of fused-ring (bicyclic) bond motifs is 1. The summed E-state index contributed by atoms with van der Waals surface area (Å²) in [5.74, 6) is 0. The lowest BCUT2D eigenvalue weighted by molar-refractivity contribution is 0.102. The fourth-order valence-corrected chi connectivity index (χ4v) is 4.89. The molecule has 1 N–H and O–H groups in total. The highest BCUT2D eigenvalue weighted by Gasteiger charge is 2.37. The van der Waals surface area contributed by atoms with Gasteiger partial charge < -0.3 is 5.32 Å². The third-order valence-corrected chi connectivity index (χ3v) is 6.40. The van der Waals surface area contributed by atoms with Gasteiger partial charge in [-0.05, 0) is 33.1 Å². The van der Waals surface area contributed by atoms with E-state index in [-0.39, 0.29) is 11.0 Å². The lowest BCUT2D eigenvalue weighted by Crippen LogP contribution is -2.51. The van der Waals surface area contributed by atoms with Gasteiger partial charge in [0, 0.05) is 36.5 Å². The van der Waals surface area contributed by atoms with Crippen molar-refractivity contribution in [2.45, 2.75) is 57.9 Å². The van der Waals surface area contributed by atoms with Crippen LogP contribution in [0.5, 0.6) is 0 Å². The van der Waals surface area contributed by atoms with E-state index in [4.69, 9.17) is 4.98 Å². The van der Waals surface area contributed by atoms with E-state index in [0.29, 0.717) is 0 Å². The number of aryl methyl sites for hydroxylation is 1. The molecule has 0 aromatic carbocycles. The zero-order chi connectivity index (χ0) is 14.4. The van der Waals surface area contributed by atoms with Crippen LogP contribution >= 0.6 is 11.3 Å². The van der Waals surface area contributed by atoms with Crippen LogP contribution in [0.1, 0.15) is 56.1 Å². The summed E-state index contributed by atoms with van der Waals surface area (Å²) in [4.78, 5) is 9.23. The van der Waals surface area contributed by atoms with Gasteiger partial charge in [-0.15, -0.1) is 11.3 Å². The van der Waals surface area contributed by atoms with Crippen molar-refractivity contribution in [3.05, 3.63) is 15.6 Å². The van der Waals surface area contributed by atoms with Crippen LogP contribution in [0.4, 0.5) is 0 Å². The maximum absolute atomic E-state index is 5.11. The molecular weight excluding hydrogens is 266 g/mol. The molecule has 1 aliphatic heterocycles. The number of hydrogen-bond acceptors (Lipinski definition) is 4. The second-order valence-electron chi connectivity index (χ2n) is 7.32. The van der Waals surface area contributed by atoms with Gasteiger partial charge in [-0.25, -0.2) is 4.98 Å². The minimum absolute atomic E-state index is 0.0696. The van der Waals surface area contributed by atoms with Crippen LogP contribution in [0.3, 0.4) is 0 Å². The molecule has 2 aliphatic rings. The number of hydrogen-bond donors (Lipinski definition) is 1. The highest BCUT2D eigenvalue weighted by molar-refractivity contribution is 7.11. The Hall–Kier alpha value is -0.450. The van der Waals surface area contributed by atoms with Gasteiger partial charge in [-0.3, -0.25) is 4.90 Å². The van der Waals surface area contributed by atoms with Gasteiger partial charge in [-0.2, -0.15) is 0 Å². The summed E-state index contributed by atoms with van der Waals surface area (Å²) in [5.41, 5.74) is 1.72. The summed E-state index contributed by atoms with van der Waals surface area (Å²) in [6.45, 7) is 13.8. The van der Waals surface area contributed by atoms with Gasteiger partial charge in [-0.1, -0.05) is 13.8 Å². The standard InChI is InChI=1S/C16H27N3S/c1-15(2)7-5-6-12-13(15)18-14(20-12)16(3,4)19-10-8-17-9-11-19/h17H,5-11H2,1-4H3. The van der Waals surface area contributed by atoms with E-state index >= 15 is 0 Å². The van der Waals surface area contributed by atoms with E-state index in [9.17, 15) is 0 Å². The van der Waals surface area contributed by atoms with Crippen molar-refractivity contribution < 1.29 is 0 Å². The Bertz CT molecular complexity index is 484. The molecule has 0 bridgehead atoms. The van der Waals surface area contributed by atoms with E-state index in [2.05, 4.69) is 37.9 Å². The maximum Gasteiger partial charge on any atom is 0.113 e. The fraction of sp³-hybridized carbons (Fsp3) is 0.812. The molecule has 3 rings (SSSR count). The minimum atomic E-state index is 0.0696. The molecule has 0 unspecified atom stereocenters. The van der Waals surface area contributed by atoms with Crippen molar-refractivity contribution in [2.75, 3.05) is 26.2 Å². The molecule has 112 valence electrons. The van der Waals surface area contributed by atoms with E-state index in [1.807, 2.05) is 11.3 Å². The predicted octanol–water partition coefficient (Wildman–Crippen LogP) is 2.90.